The van der Waals surface area contributed by atoms with E-state index in [1.807, 2.05) is 23.1 Å². The first-order valence-corrected chi connectivity index (χ1v) is 8.04. The minimum absolute atomic E-state index is 0.0586. The zero-order valence-corrected chi connectivity index (χ0v) is 13.2. The first-order valence-electron chi connectivity index (χ1n) is 8.04. The van der Waals surface area contributed by atoms with Gasteiger partial charge >= 0.3 is 0 Å². The van der Waals surface area contributed by atoms with Gasteiger partial charge in [-0.15, -0.1) is 0 Å². The van der Waals surface area contributed by atoms with Crippen LogP contribution in [-0.2, 0) is 20.9 Å². The number of rotatable bonds is 4. The van der Waals surface area contributed by atoms with E-state index in [1.54, 1.807) is 13.1 Å². The quantitative estimate of drug-likeness (QED) is 0.854. The summed E-state index contributed by atoms with van der Waals surface area (Å²) in [4.78, 5) is 18.0. The third-order valence-electron chi connectivity index (χ3n) is 4.80. The largest absolute Gasteiger partial charge is 0.377 e. The Kier molecular flexibility index (Phi) is 4.74. The maximum Gasteiger partial charge on any atom is 0.219 e. The highest BCUT2D eigenvalue weighted by molar-refractivity contribution is 5.73. The number of hydrogen-bond acceptors (Lipinski definition) is 4. The van der Waals surface area contributed by atoms with E-state index in [-0.39, 0.29) is 17.4 Å². The standard InChI is InChI=1S/C17H24N2O3/c1-14(20)19-9-6-16-17(12-19,7-4-10-22-16)13-21-11-15-5-2-3-8-18-15/h2-3,5,8,16H,4,6-7,9-13H2,1H3/t16-,17+/m0/s1. The summed E-state index contributed by atoms with van der Waals surface area (Å²) in [5, 5.41) is 0. The number of pyridine rings is 1. The van der Waals surface area contributed by atoms with Crippen LogP contribution >= 0.6 is 0 Å². The fraction of sp³-hybridized carbons (Fsp3) is 0.647. The fourth-order valence-electron chi connectivity index (χ4n) is 3.61. The van der Waals surface area contributed by atoms with Gasteiger partial charge in [-0.2, -0.15) is 0 Å². The van der Waals surface area contributed by atoms with Gasteiger partial charge in [-0.3, -0.25) is 9.78 Å². The zero-order valence-electron chi connectivity index (χ0n) is 13.2. The normalized spacial score (nSPS) is 28.2. The summed E-state index contributed by atoms with van der Waals surface area (Å²) in [6, 6.07) is 5.84. The van der Waals surface area contributed by atoms with Crippen LogP contribution in [0.15, 0.2) is 24.4 Å². The minimum atomic E-state index is -0.0586. The zero-order chi connectivity index (χ0) is 15.4. The Morgan fingerprint density at radius 2 is 2.45 bits per heavy atom. The van der Waals surface area contributed by atoms with Gasteiger partial charge in [-0.25, -0.2) is 0 Å². The lowest BCUT2D eigenvalue weighted by atomic mass is 9.73. The van der Waals surface area contributed by atoms with E-state index in [9.17, 15) is 4.79 Å². The summed E-state index contributed by atoms with van der Waals surface area (Å²) in [7, 11) is 0. The van der Waals surface area contributed by atoms with Crippen molar-refractivity contribution >= 4 is 5.91 Å². The van der Waals surface area contributed by atoms with Crippen LogP contribution in [0.4, 0.5) is 0 Å². The summed E-state index contributed by atoms with van der Waals surface area (Å²) < 4.78 is 11.9. The fourth-order valence-corrected chi connectivity index (χ4v) is 3.61. The van der Waals surface area contributed by atoms with Crippen molar-refractivity contribution in [2.45, 2.75) is 38.9 Å². The van der Waals surface area contributed by atoms with Gasteiger partial charge in [0, 0.05) is 38.2 Å². The van der Waals surface area contributed by atoms with Crippen LogP contribution in [0, 0.1) is 5.41 Å². The number of amides is 1. The molecule has 0 unspecified atom stereocenters. The average Bonchev–Trinajstić information content (AvgIpc) is 2.55. The number of fused-ring (bicyclic) bond motifs is 1. The second kappa shape index (κ2) is 6.75. The molecule has 2 aliphatic heterocycles. The van der Waals surface area contributed by atoms with E-state index >= 15 is 0 Å². The summed E-state index contributed by atoms with van der Waals surface area (Å²) in [5.41, 5.74) is 0.878. The molecule has 3 rings (SSSR count). The number of ether oxygens (including phenoxy) is 2. The van der Waals surface area contributed by atoms with E-state index in [1.165, 1.54) is 0 Å². The third-order valence-corrected chi connectivity index (χ3v) is 4.80. The molecule has 0 aliphatic carbocycles. The Balaban J connectivity index is 1.64. The lowest BCUT2D eigenvalue weighted by Crippen LogP contribution is -2.57. The molecule has 22 heavy (non-hydrogen) atoms. The van der Waals surface area contributed by atoms with Crippen LogP contribution in [0.3, 0.4) is 0 Å². The topological polar surface area (TPSA) is 51.7 Å². The Bertz CT molecular complexity index is 508. The van der Waals surface area contributed by atoms with Crippen molar-refractivity contribution in [3.8, 4) is 0 Å². The van der Waals surface area contributed by atoms with E-state index in [4.69, 9.17) is 9.47 Å². The molecule has 0 aromatic carbocycles. The number of aromatic nitrogens is 1. The number of hydrogen-bond donors (Lipinski definition) is 0. The second-order valence-electron chi connectivity index (χ2n) is 6.37. The van der Waals surface area contributed by atoms with Gasteiger partial charge in [0.25, 0.3) is 0 Å². The maximum atomic E-state index is 11.7. The number of piperidine rings is 1. The van der Waals surface area contributed by atoms with Crippen molar-refractivity contribution in [3.05, 3.63) is 30.1 Å². The second-order valence-corrected chi connectivity index (χ2v) is 6.37. The lowest BCUT2D eigenvalue weighted by molar-refractivity contribution is -0.164. The van der Waals surface area contributed by atoms with Gasteiger partial charge in [0.05, 0.1) is 25.0 Å². The molecule has 0 spiro atoms. The van der Waals surface area contributed by atoms with Crippen molar-refractivity contribution < 1.29 is 14.3 Å². The molecule has 1 aromatic rings. The summed E-state index contributed by atoms with van der Waals surface area (Å²) in [6.07, 6.45) is 4.99. The van der Waals surface area contributed by atoms with E-state index in [2.05, 4.69) is 4.98 Å². The van der Waals surface area contributed by atoms with Crippen molar-refractivity contribution in [2.75, 3.05) is 26.3 Å². The smallest absolute Gasteiger partial charge is 0.219 e. The van der Waals surface area contributed by atoms with Crippen LogP contribution in [0.2, 0.25) is 0 Å². The van der Waals surface area contributed by atoms with Crippen molar-refractivity contribution in [1.82, 2.24) is 9.88 Å². The molecule has 0 bridgehead atoms. The molecule has 0 radical (unpaired) electrons. The van der Waals surface area contributed by atoms with Crippen LogP contribution in [0.5, 0.6) is 0 Å². The number of carbonyl (C=O) groups is 1. The highest BCUT2D eigenvalue weighted by Crippen LogP contribution is 2.40. The number of carbonyl (C=O) groups excluding carboxylic acids is 1. The maximum absolute atomic E-state index is 11.7. The van der Waals surface area contributed by atoms with Gasteiger partial charge < -0.3 is 14.4 Å². The Morgan fingerprint density at radius 1 is 1.55 bits per heavy atom. The van der Waals surface area contributed by atoms with Crippen molar-refractivity contribution in [1.29, 1.82) is 0 Å². The Hall–Kier alpha value is -1.46. The Morgan fingerprint density at radius 3 is 3.23 bits per heavy atom. The minimum Gasteiger partial charge on any atom is -0.377 e. The molecule has 3 heterocycles. The van der Waals surface area contributed by atoms with Gasteiger partial charge in [0.2, 0.25) is 5.91 Å². The molecule has 2 atom stereocenters. The highest BCUT2D eigenvalue weighted by atomic mass is 16.5. The molecule has 2 fully saturated rings. The van der Waals surface area contributed by atoms with Crippen LogP contribution < -0.4 is 0 Å². The molecule has 0 saturated carbocycles. The molecule has 2 saturated heterocycles. The van der Waals surface area contributed by atoms with Crippen molar-refractivity contribution in [2.24, 2.45) is 5.41 Å². The molecule has 5 heteroatoms. The first-order chi connectivity index (χ1) is 10.7. The van der Waals surface area contributed by atoms with E-state index in [0.717, 1.165) is 44.7 Å². The first kappa shape index (κ1) is 15.4. The predicted molar refractivity (Wildman–Crippen MR) is 82.2 cm³/mol. The van der Waals surface area contributed by atoms with Crippen LogP contribution in [0.25, 0.3) is 0 Å². The summed E-state index contributed by atoms with van der Waals surface area (Å²) >= 11 is 0. The molecule has 1 aromatic heterocycles. The van der Waals surface area contributed by atoms with Gasteiger partial charge in [0.15, 0.2) is 0 Å². The monoisotopic (exact) mass is 304 g/mol. The molecule has 120 valence electrons. The third kappa shape index (κ3) is 3.31. The van der Waals surface area contributed by atoms with Gasteiger partial charge in [0.1, 0.15) is 0 Å². The molecule has 5 nitrogen and oxygen atoms in total. The molecule has 1 amide bonds. The molecule has 0 N–H and O–H groups in total. The van der Waals surface area contributed by atoms with E-state index < -0.39 is 0 Å². The lowest BCUT2D eigenvalue weighted by Gasteiger charge is -2.50. The number of nitrogens with zero attached hydrogens (tertiary/aromatic N) is 2. The molecular weight excluding hydrogens is 280 g/mol. The highest BCUT2D eigenvalue weighted by Gasteiger charge is 2.46. The van der Waals surface area contributed by atoms with Gasteiger partial charge in [-0.05, 0) is 31.4 Å². The van der Waals surface area contributed by atoms with E-state index in [0.29, 0.717) is 13.2 Å². The SMILES string of the molecule is CC(=O)N1CC[C@@H]2OCCC[C@]2(COCc2ccccn2)C1. The van der Waals surface area contributed by atoms with Crippen molar-refractivity contribution in [3.63, 3.8) is 0 Å². The summed E-state index contributed by atoms with van der Waals surface area (Å²) in [6.45, 7) is 5.14. The van der Waals surface area contributed by atoms with Gasteiger partial charge in [-0.1, -0.05) is 6.07 Å². The average molecular weight is 304 g/mol. The van der Waals surface area contributed by atoms with Crippen LogP contribution in [-0.4, -0.2) is 48.2 Å². The Labute approximate surface area is 131 Å². The number of likely N-dealkylation sites (tertiary alicyclic amines) is 1. The molecule has 2 aliphatic rings. The predicted octanol–water partition coefficient (Wildman–Crippen LogP) is 2.02. The summed E-state index contributed by atoms with van der Waals surface area (Å²) in [5.74, 6) is 0.146. The molecular formula is C17H24N2O3. The van der Waals surface area contributed by atoms with Crippen LogP contribution in [0.1, 0.15) is 31.9 Å².